The summed E-state index contributed by atoms with van der Waals surface area (Å²) in [5.41, 5.74) is 1.90. The molecule has 2 N–H and O–H groups in total. The standard InChI is InChI=1S/C20H24N2O5S/c1-5-27-20(24)17-13-8-9-22(2)11-16(13)28-19(17)21-18(23)12-6-7-14(25-3)15(10-12)26-4/h6-7,10H,5,8-9,11H2,1-4H3,(H,21,23)/p+1. The Morgan fingerprint density at radius 3 is 2.64 bits per heavy atom. The Morgan fingerprint density at radius 1 is 1.21 bits per heavy atom. The molecular formula is C20H25N2O5S+. The van der Waals surface area contributed by atoms with Crippen LogP contribution in [0.3, 0.4) is 0 Å². The Balaban J connectivity index is 1.93. The molecule has 7 nitrogen and oxygen atoms in total. The predicted octanol–water partition coefficient (Wildman–Crippen LogP) is 1.77. The fourth-order valence-electron chi connectivity index (χ4n) is 3.28. The SMILES string of the molecule is CCOC(=O)c1c(NC(=O)c2ccc(OC)c(OC)c2)sc2c1CC[NH+](C)C2. The van der Waals surface area contributed by atoms with Gasteiger partial charge < -0.3 is 24.4 Å². The molecule has 0 bridgehead atoms. The van der Waals surface area contributed by atoms with E-state index in [0.29, 0.717) is 27.6 Å². The Hall–Kier alpha value is -2.58. The molecular weight excluding hydrogens is 380 g/mol. The van der Waals surface area contributed by atoms with Gasteiger partial charge in [0.15, 0.2) is 11.5 Å². The van der Waals surface area contributed by atoms with Gasteiger partial charge in [-0.3, -0.25) is 4.79 Å². The number of esters is 1. The number of amides is 1. The van der Waals surface area contributed by atoms with Gasteiger partial charge in [0.25, 0.3) is 5.91 Å². The first kappa shape index (κ1) is 20.2. The molecule has 1 unspecified atom stereocenters. The highest BCUT2D eigenvalue weighted by Crippen LogP contribution is 2.36. The average molecular weight is 405 g/mol. The van der Waals surface area contributed by atoms with Gasteiger partial charge in [-0.2, -0.15) is 0 Å². The van der Waals surface area contributed by atoms with Crippen LogP contribution in [0.25, 0.3) is 0 Å². The van der Waals surface area contributed by atoms with E-state index >= 15 is 0 Å². The van der Waals surface area contributed by atoms with Crippen molar-refractivity contribution in [2.75, 3.05) is 39.7 Å². The number of likely N-dealkylation sites (N-methyl/N-ethyl adjacent to an activating group) is 1. The van der Waals surface area contributed by atoms with E-state index < -0.39 is 0 Å². The zero-order valence-corrected chi connectivity index (χ0v) is 17.3. The maximum absolute atomic E-state index is 12.8. The van der Waals surface area contributed by atoms with Crippen LogP contribution in [-0.4, -0.2) is 46.3 Å². The highest BCUT2D eigenvalue weighted by atomic mass is 32.1. The molecule has 1 aliphatic heterocycles. The lowest BCUT2D eigenvalue weighted by Gasteiger charge is -2.19. The summed E-state index contributed by atoms with van der Waals surface area (Å²) >= 11 is 1.45. The van der Waals surface area contributed by atoms with E-state index in [-0.39, 0.29) is 18.5 Å². The van der Waals surface area contributed by atoms with E-state index in [1.54, 1.807) is 32.2 Å². The summed E-state index contributed by atoms with van der Waals surface area (Å²) in [5.74, 6) is 0.313. The van der Waals surface area contributed by atoms with E-state index in [0.717, 1.165) is 30.0 Å². The number of methoxy groups -OCH3 is 2. The number of ether oxygens (including phenoxy) is 3. The highest BCUT2D eigenvalue weighted by molar-refractivity contribution is 7.17. The van der Waals surface area contributed by atoms with Crippen molar-refractivity contribution in [2.45, 2.75) is 19.9 Å². The highest BCUT2D eigenvalue weighted by Gasteiger charge is 2.30. The lowest BCUT2D eigenvalue weighted by Crippen LogP contribution is -3.08. The van der Waals surface area contributed by atoms with Crippen molar-refractivity contribution in [3.05, 3.63) is 39.8 Å². The molecule has 0 radical (unpaired) electrons. The summed E-state index contributed by atoms with van der Waals surface area (Å²) in [6.45, 7) is 3.84. The van der Waals surface area contributed by atoms with E-state index in [4.69, 9.17) is 14.2 Å². The molecule has 3 rings (SSSR count). The van der Waals surface area contributed by atoms with Crippen LogP contribution in [0, 0.1) is 0 Å². The van der Waals surface area contributed by atoms with Gasteiger partial charge in [-0.1, -0.05) is 0 Å². The van der Waals surface area contributed by atoms with Crippen molar-refractivity contribution in [3.8, 4) is 11.5 Å². The molecule has 0 saturated heterocycles. The van der Waals surface area contributed by atoms with Crippen LogP contribution in [0.2, 0.25) is 0 Å². The molecule has 0 spiro atoms. The van der Waals surface area contributed by atoms with Crippen molar-refractivity contribution in [1.29, 1.82) is 0 Å². The molecule has 2 aromatic rings. The fraction of sp³-hybridized carbons (Fsp3) is 0.400. The van der Waals surface area contributed by atoms with Crippen LogP contribution in [0.4, 0.5) is 5.00 Å². The number of nitrogens with one attached hydrogen (secondary N) is 2. The number of thiophene rings is 1. The molecule has 1 amide bonds. The molecule has 28 heavy (non-hydrogen) atoms. The third-order valence-corrected chi connectivity index (χ3v) is 5.85. The molecule has 0 fully saturated rings. The Kier molecular flexibility index (Phi) is 6.21. The molecule has 0 aliphatic carbocycles. The first-order valence-corrected chi connectivity index (χ1v) is 9.96. The summed E-state index contributed by atoms with van der Waals surface area (Å²) in [6, 6.07) is 4.95. The Bertz CT molecular complexity index is 893. The molecule has 150 valence electrons. The molecule has 8 heteroatoms. The van der Waals surface area contributed by atoms with Gasteiger partial charge in [0.2, 0.25) is 0 Å². The van der Waals surface area contributed by atoms with Crippen LogP contribution in [0.5, 0.6) is 11.5 Å². The zero-order chi connectivity index (χ0) is 20.3. The third kappa shape index (κ3) is 3.98. The number of hydrogen-bond acceptors (Lipinski definition) is 6. The van der Waals surface area contributed by atoms with Gasteiger partial charge >= 0.3 is 5.97 Å². The number of fused-ring (bicyclic) bond motifs is 1. The lowest BCUT2D eigenvalue weighted by molar-refractivity contribution is -0.895. The molecule has 1 aliphatic rings. The first-order valence-electron chi connectivity index (χ1n) is 9.14. The van der Waals surface area contributed by atoms with Gasteiger partial charge in [0.05, 0.1) is 44.9 Å². The summed E-state index contributed by atoms with van der Waals surface area (Å²) in [7, 11) is 5.18. The second-order valence-electron chi connectivity index (χ2n) is 6.59. The van der Waals surface area contributed by atoms with Crippen molar-refractivity contribution in [1.82, 2.24) is 0 Å². The third-order valence-electron chi connectivity index (χ3n) is 4.71. The van der Waals surface area contributed by atoms with Crippen LogP contribution in [0.15, 0.2) is 18.2 Å². The van der Waals surface area contributed by atoms with Crippen LogP contribution in [-0.2, 0) is 17.7 Å². The quantitative estimate of drug-likeness (QED) is 0.716. The predicted molar refractivity (Wildman–Crippen MR) is 107 cm³/mol. The zero-order valence-electron chi connectivity index (χ0n) is 16.5. The van der Waals surface area contributed by atoms with Crippen molar-refractivity contribution >= 4 is 28.2 Å². The van der Waals surface area contributed by atoms with Crippen LogP contribution >= 0.6 is 11.3 Å². The smallest absolute Gasteiger partial charge is 0.341 e. The van der Waals surface area contributed by atoms with E-state index in [2.05, 4.69) is 12.4 Å². The number of quaternary nitrogens is 1. The van der Waals surface area contributed by atoms with E-state index in [1.165, 1.54) is 23.3 Å². The fourth-order valence-corrected chi connectivity index (χ4v) is 4.62. The van der Waals surface area contributed by atoms with Gasteiger partial charge in [0, 0.05) is 12.0 Å². The molecule has 1 aromatic carbocycles. The second kappa shape index (κ2) is 8.62. The summed E-state index contributed by atoms with van der Waals surface area (Å²) < 4.78 is 15.7. The number of hydrogen-bond donors (Lipinski definition) is 2. The normalized spacial score (nSPS) is 15.5. The minimum atomic E-state index is -0.387. The molecule has 1 aromatic heterocycles. The van der Waals surface area contributed by atoms with Crippen LogP contribution in [0.1, 0.15) is 38.1 Å². The lowest BCUT2D eigenvalue weighted by atomic mass is 10.0. The van der Waals surface area contributed by atoms with E-state index in [9.17, 15) is 9.59 Å². The minimum absolute atomic E-state index is 0.289. The minimum Gasteiger partial charge on any atom is -0.493 e. The number of carbonyl (C=O) groups is 2. The number of benzene rings is 1. The second-order valence-corrected chi connectivity index (χ2v) is 7.69. The van der Waals surface area contributed by atoms with Gasteiger partial charge in [-0.15, -0.1) is 11.3 Å². The Morgan fingerprint density at radius 2 is 1.96 bits per heavy atom. The van der Waals surface area contributed by atoms with Gasteiger partial charge in [-0.25, -0.2) is 4.79 Å². The topological polar surface area (TPSA) is 78.3 Å². The average Bonchev–Trinajstić information content (AvgIpc) is 3.04. The van der Waals surface area contributed by atoms with Gasteiger partial charge in [-0.05, 0) is 30.7 Å². The van der Waals surface area contributed by atoms with Gasteiger partial charge in [0.1, 0.15) is 11.5 Å². The largest absolute Gasteiger partial charge is 0.493 e. The summed E-state index contributed by atoms with van der Waals surface area (Å²) in [6.07, 6.45) is 0.790. The number of anilines is 1. The molecule has 2 heterocycles. The molecule has 1 atom stereocenters. The maximum Gasteiger partial charge on any atom is 0.341 e. The van der Waals surface area contributed by atoms with Crippen molar-refractivity contribution in [3.63, 3.8) is 0 Å². The number of carbonyl (C=O) groups excluding carboxylic acids is 2. The number of rotatable bonds is 6. The first-order chi connectivity index (χ1) is 13.5. The van der Waals surface area contributed by atoms with Crippen molar-refractivity contribution in [2.24, 2.45) is 0 Å². The van der Waals surface area contributed by atoms with Crippen molar-refractivity contribution < 1.29 is 28.7 Å². The summed E-state index contributed by atoms with van der Waals surface area (Å²) in [5, 5.41) is 3.44. The maximum atomic E-state index is 12.8. The van der Waals surface area contributed by atoms with Crippen LogP contribution < -0.4 is 19.7 Å². The van der Waals surface area contributed by atoms with E-state index in [1.807, 2.05) is 0 Å². The monoisotopic (exact) mass is 405 g/mol. The summed E-state index contributed by atoms with van der Waals surface area (Å²) in [4.78, 5) is 27.9. The Labute approximate surface area is 168 Å². The molecule has 0 saturated carbocycles.